The summed E-state index contributed by atoms with van der Waals surface area (Å²) in [5.41, 5.74) is 0.683. The van der Waals surface area contributed by atoms with E-state index in [1.807, 2.05) is 12.1 Å². The molecule has 0 radical (unpaired) electrons. The van der Waals surface area contributed by atoms with Crippen LogP contribution in [0.4, 0.5) is 0 Å². The number of carbonyl (C=O) groups is 1. The first-order valence-corrected chi connectivity index (χ1v) is 10.3. The molecule has 2 aromatic rings. The average Bonchev–Trinajstić information content (AvgIpc) is 3.35. The monoisotopic (exact) mass is 395 g/mol. The van der Waals surface area contributed by atoms with E-state index in [4.69, 9.17) is 9.47 Å². The van der Waals surface area contributed by atoms with Crippen LogP contribution in [0.15, 0.2) is 23.9 Å². The summed E-state index contributed by atoms with van der Waals surface area (Å²) in [6, 6.07) is 5.46. The summed E-state index contributed by atoms with van der Waals surface area (Å²) in [7, 11) is 0. The third-order valence-corrected chi connectivity index (χ3v) is 5.68. The summed E-state index contributed by atoms with van der Waals surface area (Å²) in [6.07, 6.45) is 13.1. The fourth-order valence-corrected chi connectivity index (χ4v) is 4.16. The Hall–Kier alpha value is -3.01. The van der Waals surface area contributed by atoms with E-state index in [0.717, 1.165) is 51.4 Å². The van der Waals surface area contributed by atoms with Crippen LogP contribution in [0, 0.1) is 11.3 Å². The van der Waals surface area contributed by atoms with E-state index < -0.39 is 5.97 Å². The molecule has 0 bridgehead atoms. The third-order valence-electron chi connectivity index (χ3n) is 5.68. The van der Waals surface area contributed by atoms with Crippen molar-refractivity contribution in [3.63, 3.8) is 0 Å². The van der Waals surface area contributed by atoms with Crippen molar-refractivity contribution in [2.45, 2.75) is 70.0 Å². The minimum absolute atomic E-state index is 0.0513. The van der Waals surface area contributed by atoms with Gasteiger partial charge in [0.05, 0.1) is 6.10 Å². The van der Waals surface area contributed by atoms with Crippen LogP contribution >= 0.6 is 0 Å². The van der Waals surface area contributed by atoms with Gasteiger partial charge < -0.3 is 14.6 Å². The Bertz CT molecular complexity index is 960. The molecule has 2 heterocycles. The molecule has 152 valence electrons. The van der Waals surface area contributed by atoms with Crippen molar-refractivity contribution in [3.05, 3.63) is 29.6 Å². The number of hydrogen-bond acceptors (Lipinski definition) is 5. The summed E-state index contributed by atoms with van der Waals surface area (Å²) in [5, 5.41) is 18.5. The molecule has 4 rings (SSSR count). The molecule has 29 heavy (non-hydrogen) atoms. The van der Waals surface area contributed by atoms with E-state index in [9.17, 15) is 15.2 Å². The second-order valence-corrected chi connectivity index (χ2v) is 7.75. The fraction of sp³-hybridized carbons (Fsp3) is 0.500. The highest BCUT2D eigenvalue weighted by molar-refractivity contribution is 5.96. The SMILES string of the molecule is N#CC(=Cc1c(OC2CCCCC2)nc2c(OC3CCCC3)cccn12)C(=O)O. The molecule has 7 heteroatoms. The van der Waals surface area contributed by atoms with Crippen molar-refractivity contribution in [1.82, 2.24) is 9.38 Å². The molecular weight excluding hydrogens is 370 g/mol. The second-order valence-electron chi connectivity index (χ2n) is 7.75. The number of ether oxygens (including phenoxy) is 2. The Morgan fingerprint density at radius 2 is 1.79 bits per heavy atom. The zero-order chi connectivity index (χ0) is 20.2. The molecule has 2 aliphatic rings. The highest BCUT2D eigenvalue weighted by Gasteiger charge is 2.24. The van der Waals surface area contributed by atoms with Crippen LogP contribution in [-0.4, -0.2) is 32.7 Å². The Morgan fingerprint density at radius 1 is 1.14 bits per heavy atom. The molecule has 0 unspecified atom stereocenters. The molecule has 2 saturated carbocycles. The normalized spacial score (nSPS) is 18.7. The lowest BCUT2D eigenvalue weighted by Crippen LogP contribution is -2.20. The molecule has 2 fully saturated rings. The van der Waals surface area contributed by atoms with E-state index >= 15 is 0 Å². The number of nitrogens with zero attached hydrogens (tertiary/aromatic N) is 3. The van der Waals surface area contributed by atoms with Crippen molar-refractivity contribution in [2.24, 2.45) is 0 Å². The highest BCUT2D eigenvalue weighted by atomic mass is 16.5. The van der Waals surface area contributed by atoms with Crippen LogP contribution in [0.1, 0.15) is 63.5 Å². The molecule has 7 nitrogen and oxygen atoms in total. The van der Waals surface area contributed by atoms with Gasteiger partial charge >= 0.3 is 5.97 Å². The van der Waals surface area contributed by atoms with Crippen LogP contribution in [0.5, 0.6) is 11.6 Å². The number of carboxylic acid groups (broad SMARTS) is 1. The molecule has 0 atom stereocenters. The van der Waals surface area contributed by atoms with Gasteiger partial charge in [-0.25, -0.2) is 4.79 Å². The van der Waals surface area contributed by atoms with Gasteiger partial charge in [-0.15, -0.1) is 0 Å². The number of nitriles is 1. The van der Waals surface area contributed by atoms with Crippen LogP contribution in [-0.2, 0) is 4.79 Å². The average molecular weight is 395 g/mol. The minimum atomic E-state index is -1.27. The van der Waals surface area contributed by atoms with Gasteiger partial charge in [0.15, 0.2) is 11.4 Å². The molecule has 0 amide bonds. The first-order valence-electron chi connectivity index (χ1n) is 10.3. The van der Waals surface area contributed by atoms with E-state index in [0.29, 0.717) is 23.0 Å². The number of imidazole rings is 1. The summed E-state index contributed by atoms with van der Waals surface area (Å²) < 4.78 is 14.1. The number of hydrogen-bond donors (Lipinski definition) is 1. The van der Waals surface area contributed by atoms with Gasteiger partial charge in [-0.2, -0.15) is 10.2 Å². The lowest BCUT2D eigenvalue weighted by atomic mass is 9.98. The van der Waals surface area contributed by atoms with Gasteiger partial charge in [0.1, 0.15) is 23.4 Å². The number of rotatable bonds is 6. The van der Waals surface area contributed by atoms with Crippen molar-refractivity contribution >= 4 is 17.7 Å². The van der Waals surface area contributed by atoms with Crippen LogP contribution < -0.4 is 9.47 Å². The first kappa shape index (κ1) is 19.3. The highest BCUT2D eigenvalue weighted by Crippen LogP contribution is 2.33. The maximum atomic E-state index is 11.4. The Balaban J connectivity index is 1.76. The standard InChI is InChI=1S/C22H25N3O4/c23-14-15(22(26)27)13-18-21(29-17-7-2-1-3-8-17)24-20-19(11-6-12-25(18)20)28-16-9-4-5-10-16/h6,11-13,16-17H,1-5,7-10H2,(H,26,27). The summed E-state index contributed by atoms with van der Waals surface area (Å²) >= 11 is 0. The van der Waals surface area contributed by atoms with E-state index in [1.165, 1.54) is 12.5 Å². The van der Waals surface area contributed by atoms with Crippen molar-refractivity contribution in [1.29, 1.82) is 5.26 Å². The topological polar surface area (TPSA) is 96.9 Å². The minimum Gasteiger partial charge on any atom is -0.487 e. The zero-order valence-corrected chi connectivity index (χ0v) is 16.3. The van der Waals surface area contributed by atoms with Crippen molar-refractivity contribution in [2.75, 3.05) is 0 Å². The van der Waals surface area contributed by atoms with Crippen LogP contribution in [0.3, 0.4) is 0 Å². The summed E-state index contributed by atoms with van der Waals surface area (Å²) in [4.78, 5) is 16.1. The van der Waals surface area contributed by atoms with Gasteiger partial charge in [0, 0.05) is 6.20 Å². The van der Waals surface area contributed by atoms with Crippen molar-refractivity contribution in [3.8, 4) is 17.7 Å². The molecular formula is C22H25N3O4. The van der Waals surface area contributed by atoms with E-state index in [1.54, 1.807) is 16.7 Å². The molecule has 2 aliphatic carbocycles. The van der Waals surface area contributed by atoms with Gasteiger partial charge in [0.2, 0.25) is 5.88 Å². The predicted molar refractivity (Wildman–Crippen MR) is 107 cm³/mol. The smallest absolute Gasteiger partial charge is 0.346 e. The number of pyridine rings is 1. The maximum absolute atomic E-state index is 11.4. The molecule has 0 aliphatic heterocycles. The van der Waals surface area contributed by atoms with Gasteiger partial charge in [-0.05, 0) is 69.6 Å². The predicted octanol–water partition coefficient (Wildman–Crippen LogP) is 4.36. The quantitative estimate of drug-likeness (QED) is 0.577. The Labute approximate surface area is 169 Å². The first-order chi connectivity index (χ1) is 14.2. The second kappa shape index (κ2) is 8.56. The maximum Gasteiger partial charge on any atom is 0.346 e. The van der Waals surface area contributed by atoms with Crippen LogP contribution in [0.2, 0.25) is 0 Å². The number of aromatic nitrogens is 2. The van der Waals surface area contributed by atoms with Gasteiger partial charge in [0.25, 0.3) is 0 Å². The van der Waals surface area contributed by atoms with Crippen LogP contribution in [0.25, 0.3) is 11.7 Å². The Morgan fingerprint density at radius 3 is 2.45 bits per heavy atom. The molecule has 0 aromatic carbocycles. The third kappa shape index (κ3) is 4.21. The number of fused-ring (bicyclic) bond motifs is 1. The van der Waals surface area contributed by atoms with Gasteiger partial charge in [-0.1, -0.05) is 6.42 Å². The zero-order valence-electron chi connectivity index (χ0n) is 16.3. The number of carboxylic acids is 1. The van der Waals surface area contributed by atoms with E-state index in [2.05, 4.69) is 4.98 Å². The fourth-order valence-electron chi connectivity index (χ4n) is 4.16. The Kier molecular flexibility index (Phi) is 5.70. The molecule has 0 saturated heterocycles. The lowest BCUT2D eigenvalue weighted by Gasteiger charge is -2.22. The molecule has 1 N–H and O–H groups in total. The molecule has 0 spiro atoms. The van der Waals surface area contributed by atoms with Crippen molar-refractivity contribution < 1.29 is 19.4 Å². The summed E-state index contributed by atoms with van der Waals surface area (Å²) in [6.45, 7) is 0. The van der Waals surface area contributed by atoms with Gasteiger partial charge in [-0.3, -0.25) is 4.40 Å². The van der Waals surface area contributed by atoms with E-state index in [-0.39, 0.29) is 17.8 Å². The molecule has 2 aromatic heterocycles. The number of aliphatic carboxylic acids is 1. The largest absolute Gasteiger partial charge is 0.487 e. The lowest BCUT2D eigenvalue weighted by molar-refractivity contribution is -0.132. The summed E-state index contributed by atoms with van der Waals surface area (Å²) in [5.74, 6) is -0.265.